The van der Waals surface area contributed by atoms with Crippen LogP contribution >= 0.6 is 0 Å². The molecule has 3 rings (SSSR count). The van der Waals surface area contributed by atoms with Crippen LogP contribution in [0.3, 0.4) is 0 Å². The first-order valence-corrected chi connectivity index (χ1v) is 8.29. The van der Waals surface area contributed by atoms with Crippen LogP contribution < -0.4 is 0 Å². The molecule has 1 N–H and O–H groups in total. The lowest BCUT2D eigenvalue weighted by atomic mass is 9.82. The zero-order valence-electron chi connectivity index (χ0n) is 13.8. The monoisotopic (exact) mass is 332 g/mol. The van der Waals surface area contributed by atoms with Crippen molar-refractivity contribution < 1.29 is 29.0 Å². The summed E-state index contributed by atoms with van der Waals surface area (Å²) in [6.07, 6.45) is 5.77. The molecule has 24 heavy (non-hydrogen) atoms. The Kier molecular flexibility index (Phi) is 4.17. The number of esters is 3. The predicted molar refractivity (Wildman–Crippen MR) is 83.3 cm³/mol. The van der Waals surface area contributed by atoms with Gasteiger partial charge in [-0.1, -0.05) is 32.4 Å². The maximum absolute atomic E-state index is 12.3. The van der Waals surface area contributed by atoms with Crippen LogP contribution in [0, 0.1) is 5.92 Å². The standard InChI is InChI=1S/C18H20O6/c1-3-5-7-10-12-9-8-11-14(17(21)23-15(11)19)13(6-4-2)18(12,22)24-16(10)20/h5,7,13,22H,3-4,6,8-9H2,1-2H3. The Balaban J connectivity index is 2.15. The molecule has 0 aromatic heterocycles. The molecule has 6 heteroatoms. The van der Waals surface area contributed by atoms with E-state index in [1.165, 1.54) is 0 Å². The van der Waals surface area contributed by atoms with E-state index >= 15 is 0 Å². The lowest BCUT2D eigenvalue weighted by Gasteiger charge is -2.32. The van der Waals surface area contributed by atoms with Crippen molar-refractivity contribution in [2.45, 2.75) is 51.7 Å². The molecule has 128 valence electrons. The van der Waals surface area contributed by atoms with E-state index in [-0.39, 0.29) is 18.4 Å². The quantitative estimate of drug-likeness (QED) is 0.626. The van der Waals surface area contributed by atoms with Crippen molar-refractivity contribution in [1.29, 1.82) is 0 Å². The van der Waals surface area contributed by atoms with Gasteiger partial charge in [0, 0.05) is 11.1 Å². The lowest BCUT2D eigenvalue weighted by molar-refractivity contribution is -0.197. The molecule has 2 unspecified atom stereocenters. The first-order valence-electron chi connectivity index (χ1n) is 8.29. The van der Waals surface area contributed by atoms with Gasteiger partial charge in [0.05, 0.1) is 17.1 Å². The van der Waals surface area contributed by atoms with Gasteiger partial charge in [-0.3, -0.25) is 0 Å². The highest BCUT2D eigenvalue weighted by molar-refractivity contribution is 6.13. The summed E-state index contributed by atoms with van der Waals surface area (Å²) < 4.78 is 10.1. The zero-order chi connectivity index (χ0) is 17.5. The van der Waals surface area contributed by atoms with Crippen molar-refractivity contribution in [3.05, 3.63) is 34.4 Å². The van der Waals surface area contributed by atoms with Gasteiger partial charge in [0.2, 0.25) is 5.79 Å². The van der Waals surface area contributed by atoms with E-state index in [0.717, 1.165) is 6.42 Å². The van der Waals surface area contributed by atoms with Crippen molar-refractivity contribution >= 4 is 17.9 Å². The average molecular weight is 332 g/mol. The molecule has 0 aromatic carbocycles. The highest BCUT2D eigenvalue weighted by Crippen LogP contribution is 2.49. The molecule has 0 bridgehead atoms. The third kappa shape index (κ3) is 2.33. The molecule has 0 amide bonds. The maximum Gasteiger partial charge on any atom is 0.342 e. The second kappa shape index (κ2) is 6.02. The Bertz CT molecular complexity index is 711. The number of aliphatic hydroxyl groups is 1. The summed E-state index contributed by atoms with van der Waals surface area (Å²) in [5, 5.41) is 11.2. The third-order valence-electron chi connectivity index (χ3n) is 4.75. The van der Waals surface area contributed by atoms with E-state index in [1.54, 1.807) is 6.08 Å². The van der Waals surface area contributed by atoms with Crippen molar-refractivity contribution in [3.63, 3.8) is 0 Å². The van der Waals surface area contributed by atoms with Gasteiger partial charge in [0.1, 0.15) is 0 Å². The summed E-state index contributed by atoms with van der Waals surface area (Å²) in [4.78, 5) is 36.3. The number of rotatable bonds is 4. The van der Waals surface area contributed by atoms with E-state index in [2.05, 4.69) is 0 Å². The number of hydrogen-bond donors (Lipinski definition) is 1. The highest BCUT2D eigenvalue weighted by Gasteiger charge is 2.57. The van der Waals surface area contributed by atoms with Crippen LogP contribution in [0.15, 0.2) is 34.4 Å². The van der Waals surface area contributed by atoms with Gasteiger partial charge in [0.25, 0.3) is 0 Å². The Morgan fingerprint density at radius 3 is 2.58 bits per heavy atom. The summed E-state index contributed by atoms with van der Waals surface area (Å²) >= 11 is 0. The molecule has 1 aliphatic carbocycles. The number of hydrogen-bond acceptors (Lipinski definition) is 6. The number of allylic oxidation sites excluding steroid dienone is 1. The van der Waals surface area contributed by atoms with Crippen LogP contribution in [0.2, 0.25) is 0 Å². The van der Waals surface area contributed by atoms with Crippen LogP contribution in [0.1, 0.15) is 46.0 Å². The lowest BCUT2D eigenvalue weighted by Crippen LogP contribution is -2.42. The number of carbonyl (C=O) groups excluding carboxylic acids is 3. The fraction of sp³-hybridized carbons (Fsp3) is 0.500. The Morgan fingerprint density at radius 1 is 1.17 bits per heavy atom. The number of cyclic esters (lactones) is 2. The smallest absolute Gasteiger partial charge is 0.342 e. The Morgan fingerprint density at radius 2 is 1.92 bits per heavy atom. The van der Waals surface area contributed by atoms with Crippen LogP contribution in [-0.4, -0.2) is 28.8 Å². The number of carbonyl (C=O) groups is 3. The van der Waals surface area contributed by atoms with Crippen molar-refractivity contribution in [2.24, 2.45) is 5.92 Å². The van der Waals surface area contributed by atoms with E-state index in [0.29, 0.717) is 29.6 Å². The minimum atomic E-state index is -1.89. The van der Waals surface area contributed by atoms with Gasteiger partial charge in [0.15, 0.2) is 0 Å². The van der Waals surface area contributed by atoms with Crippen LogP contribution in [0.4, 0.5) is 0 Å². The summed E-state index contributed by atoms with van der Waals surface area (Å²) in [5.74, 6) is -4.67. The van der Waals surface area contributed by atoms with Crippen molar-refractivity contribution in [3.8, 4) is 0 Å². The molecule has 0 spiro atoms. The van der Waals surface area contributed by atoms with Crippen LogP contribution in [0.5, 0.6) is 0 Å². The van der Waals surface area contributed by atoms with Crippen LogP contribution in [-0.2, 0) is 23.9 Å². The highest BCUT2D eigenvalue weighted by atomic mass is 16.7. The van der Waals surface area contributed by atoms with Crippen molar-refractivity contribution in [2.75, 3.05) is 0 Å². The topological polar surface area (TPSA) is 89.9 Å². The largest absolute Gasteiger partial charge is 0.425 e. The molecule has 2 atom stereocenters. The molecule has 2 heterocycles. The minimum Gasteiger partial charge on any atom is -0.425 e. The first kappa shape index (κ1) is 16.6. The SMILES string of the molecule is CCC=CC1=C2CCC3=C(C(=O)OC3=O)C(CCC)C2(O)OC1=O. The summed E-state index contributed by atoms with van der Waals surface area (Å²) in [6, 6.07) is 0. The fourth-order valence-electron chi connectivity index (χ4n) is 3.67. The van der Waals surface area contributed by atoms with Gasteiger partial charge in [-0.05, 0) is 25.7 Å². The minimum absolute atomic E-state index is 0.160. The molecule has 0 fully saturated rings. The van der Waals surface area contributed by atoms with E-state index < -0.39 is 29.6 Å². The number of ether oxygens (including phenoxy) is 2. The third-order valence-corrected chi connectivity index (χ3v) is 4.75. The molecule has 2 aliphatic heterocycles. The average Bonchev–Trinajstić information content (AvgIpc) is 2.89. The van der Waals surface area contributed by atoms with Gasteiger partial charge >= 0.3 is 17.9 Å². The van der Waals surface area contributed by atoms with Gasteiger partial charge in [-0.15, -0.1) is 0 Å². The Hall–Kier alpha value is -2.21. The molecule has 0 radical (unpaired) electrons. The molecule has 3 aliphatic rings. The van der Waals surface area contributed by atoms with Gasteiger partial charge < -0.3 is 14.6 Å². The predicted octanol–water partition coefficient (Wildman–Crippen LogP) is 2.08. The fourth-order valence-corrected chi connectivity index (χ4v) is 3.67. The molecule has 0 saturated carbocycles. The normalized spacial score (nSPS) is 29.8. The number of fused-ring (bicyclic) bond motifs is 1. The van der Waals surface area contributed by atoms with Crippen molar-refractivity contribution in [1.82, 2.24) is 0 Å². The van der Waals surface area contributed by atoms with E-state index in [1.807, 2.05) is 19.9 Å². The molecular weight excluding hydrogens is 312 g/mol. The molecule has 6 nitrogen and oxygen atoms in total. The second-order valence-electron chi connectivity index (χ2n) is 6.20. The second-order valence-corrected chi connectivity index (χ2v) is 6.20. The van der Waals surface area contributed by atoms with E-state index in [9.17, 15) is 19.5 Å². The zero-order valence-corrected chi connectivity index (χ0v) is 13.8. The first-order chi connectivity index (χ1) is 11.4. The summed E-state index contributed by atoms with van der Waals surface area (Å²) in [6.45, 7) is 3.83. The maximum atomic E-state index is 12.3. The summed E-state index contributed by atoms with van der Waals surface area (Å²) in [5.41, 5.74) is 1.23. The van der Waals surface area contributed by atoms with Gasteiger partial charge in [-0.25, -0.2) is 14.4 Å². The molecular formula is C18H20O6. The van der Waals surface area contributed by atoms with Crippen LogP contribution in [0.25, 0.3) is 0 Å². The van der Waals surface area contributed by atoms with E-state index in [4.69, 9.17) is 9.47 Å². The molecule has 0 saturated heterocycles. The van der Waals surface area contributed by atoms with Gasteiger partial charge in [-0.2, -0.15) is 0 Å². The summed E-state index contributed by atoms with van der Waals surface area (Å²) in [7, 11) is 0. The Labute approximate surface area is 139 Å². The molecule has 0 aromatic rings.